The van der Waals surface area contributed by atoms with Gasteiger partial charge in [0.1, 0.15) is 0 Å². The lowest BCUT2D eigenvalue weighted by Gasteiger charge is -2.08. The van der Waals surface area contributed by atoms with Crippen LogP contribution in [0.25, 0.3) is 16.8 Å². The zero-order valence-corrected chi connectivity index (χ0v) is 13.6. The van der Waals surface area contributed by atoms with Crippen LogP contribution in [0.2, 0.25) is 0 Å². The lowest BCUT2D eigenvalue weighted by molar-refractivity contribution is -0.112. The van der Waals surface area contributed by atoms with E-state index >= 15 is 0 Å². The van der Waals surface area contributed by atoms with Gasteiger partial charge in [0.15, 0.2) is 0 Å². The highest BCUT2D eigenvalue weighted by Crippen LogP contribution is 2.18. The lowest BCUT2D eigenvalue weighted by atomic mass is 10.1. The number of amides is 1. The monoisotopic (exact) mass is 332 g/mol. The highest BCUT2D eigenvalue weighted by molar-refractivity contribution is 6.09. The molecule has 2 N–H and O–H groups in total. The molecule has 0 fully saturated rings. The van der Waals surface area contributed by atoms with Crippen LogP contribution in [-0.2, 0) is 4.79 Å². The Morgan fingerprint density at radius 1 is 1.04 bits per heavy atom. The molecule has 3 rings (SSSR count). The van der Waals surface area contributed by atoms with Crippen LogP contribution in [0.1, 0.15) is 23.0 Å². The van der Waals surface area contributed by atoms with E-state index in [0.29, 0.717) is 11.3 Å². The SMILES string of the molecule is C/C(=C\c1cc2ccccc2cn1)C(=O)Nc1ccccc1C(=O)O. The second kappa shape index (κ2) is 6.97. The highest BCUT2D eigenvalue weighted by atomic mass is 16.4. The maximum Gasteiger partial charge on any atom is 0.337 e. The molecule has 0 unspecified atom stereocenters. The maximum atomic E-state index is 12.4. The van der Waals surface area contributed by atoms with Crippen LogP contribution in [-0.4, -0.2) is 22.0 Å². The summed E-state index contributed by atoms with van der Waals surface area (Å²) >= 11 is 0. The summed E-state index contributed by atoms with van der Waals surface area (Å²) in [5, 5.41) is 13.9. The number of para-hydroxylation sites is 1. The number of carboxylic acids is 1. The van der Waals surface area contributed by atoms with Gasteiger partial charge in [0.25, 0.3) is 5.91 Å². The Bertz CT molecular complexity index is 993. The standard InChI is InChI=1S/C20H16N2O3/c1-13(10-16-11-14-6-2-3-7-15(14)12-21-16)19(23)22-18-9-5-4-8-17(18)20(24)25/h2-12H,1H3,(H,22,23)(H,24,25)/b13-10+. The molecule has 0 bridgehead atoms. The van der Waals surface area contributed by atoms with Gasteiger partial charge in [-0.3, -0.25) is 9.78 Å². The molecule has 2 aromatic carbocycles. The van der Waals surface area contributed by atoms with E-state index in [2.05, 4.69) is 10.3 Å². The van der Waals surface area contributed by atoms with E-state index < -0.39 is 5.97 Å². The van der Waals surface area contributed by atoms with Crippen LogP contribution in [0.3, 0.4) is 0 Å². The first-order valence-electron chi connectivity index (χ1n) is 7.71. The normalized spacial score (nSPS) is 11.3. The van der Waals surface area contributed by atoms with Crippen molar-refractivity contribution in [2.45, 2.75) is 6.92 Å². The quantitative estimate of drug-likeness (QED) is 0.708. The molecule has 3 aromatic rings. The maximum absolute atomic E-state index is 12.4. The molecule has 0 aliphatic heterocycles. The largest absolute Gasteiger partial charge is 0.478 e. The van der Waals surface area contributed by atoms with E-state index in [1.165, 1.54) is 6.07 Å². The number of fused-ring (bicyclic) bond motifs is 1. The van der Waals surface area contributed by atoms with Crippen molar-refractivity contribution in [2.75, 3.05) is 5.32 Å². The Morgan fingerprint density at radius 3 is 2.48 bits per heavy atom. The Labute approximate surface area is 144 Å². The predicted molar refractivity (Wildman–Crippen MR) is 97.4 cm³/mol. The van der Waals surface area contributed by atoms with Crippen LogP contribution < -0.4 is 5.32 Å². The first-order chi connectivity index (χ1) is 12.0. The molecule has 0 spiro atoms. The summed E-state index contributed by atoms with van der Waals surface area (Å²) in [6, 6.07) is 16.0. The number of pyridine rings is 1. The summed E-state index contributed by atoms with van der Waals surface area (Å²) in [7, 11) is 0. The number of hydrogen-bond donors (Lipinski definition) is 2. The Hall–Kier alpha value is -3.47. The minimum atomic E-state index is -1.09. The molecule has 124 valence electrons. The number of carbonyl (C=O) groups excluding carboxylic acids is 1. The van der Waals surface area contributed by atoms with Crippen molar-refractivity contribution >= 4 is 34.4 Å². The van der Waals surface area contributed by atoms with Crippen molar-refractivity contribution < 1.29 is 14.7 Å². The minimum Gasteiger partial charge on any atom is -0.478 e. The second-order valence-corrected chi connectivity index (χ2v) is 5.59. The van der Waals surface area contributed by atoms with E-state index in [9.17, 15) is 14.7 Å². The molecule has 5 nitrogen and oxygen atoms in total. The third-order valence-corrected chi connectivity index (χ3v) is 3.78. The molecule has 0 aliphatic carbocycles. The first kappa shape index (κ1) is 16.4. The van der Waals surface area contributed by atoms with Gasteiger partial charge in [0, 0.05) is 17.2 Å². The number of aromatic nitrogens is 1. The van der Waals surface area contributed by atoms with Crippen LogP contribution in [0, 0.1) is 0 Å². The molecular formula is C20H16N2O3. The molecule has 0 atom stereocenters. The topological polar surface area (TPSA) is 79.3 Å². The van der Waals surface area contributed by atoms with Crippen molar-refractivity contribution in [2.24, 2.45) is 0 Å². The third kappa shape index (κ3) is 3.72. The molecular weight excluding hydrogens is 316 g/mol. The molecule has 1 heterocycles. The van der Waals surface area contributed by atoms with Crippen LogP contribution >= 0.6 is 0 Å². The van der Waals surface area contributed by atoms with Crippen LogP contribution in [0.4, 0.5) is 5.69 Å². The minimum absolute atomic E-state index is 0.0486. The number of benzene rings is 2. The van der Waals surface area contributed by atoms with Crippen molar-refractivity contribution in [3.05, 3.63) is 77.6 Å². The number of carbonyl (C=O) groups is 2. The summed E-state index contributed by atoms with van der Waals surface area (Å²) in [6.45, 7) is 1.66. The third-order valence-electron chi connectivity index (χ3n) is 3.78. The Morgan fingerprint density at radius 2 is 1.72 bits per heavy atom. The number of aromatic carboxylic acids is 1. The van der Waals surface area contributed by atoms with Crippen LogP contribution in [0.15, 0.2) is 66.4 Å². The zero-order valence-electron chi connectivity index (χ0n) is 13.6. The van der Waals surface area contributed by atoms with E-state index in [-0.39, 0.29) is 17.2 Å². The van der Waals surface area contributed by atoms with Crippen molar-refractivity contribution in [3.63, 3.8) is 0 Å². The summed E-state index contributed by atoms with van der Waals surface area (Å²) in [6.07, 6.45) is 3.43. The first-order valence-corrected chi connectivity index (χ1v) is 7.71. The number of carboxylic acid groups (broad SMARTS) is 1. The summed E-state index contributed by atoms with van der Waals surface area (Å²) in [5.74, 6) is -1.46. The van der Waals surface area contributed by atoms with Gasteiger partial charge in [-0.25, -0.2) is 4.79 Å². The average molecular weight is 332 g/mol. The summed E-state index contributed by atoms with van der Waals surface area (Å²) < 4.78 is 0. The van der Waals surface area contributed by atoms with E-state index in [4.69, 9.17) is 0 Å². The molecule has 0 saturated carbocycles. The van der Waals surface area contributed by atoms with Gasteiger partial charge >= 0.3 is 5.97 Å². The molecule has 25 heavy (non-hydrogen) atoms. The average Bonchev–Trinajstić information content (AvgIpc) is 2.61. The Kier molecular flexibility index (Phi) is 4.57. The van der Waals surface area contributed by atoms with Crippen molar-refractivity contribution in [1.29, 1.82) is 0 Å². The van der Waals surface area contributed by atoms with Gasteiger partial charge in [-0.2, -0.15) is 0 Å². The fourth-order valence-electron chi connectivity index (χ4n) is 2.47. The Balaban J connectivity index is 1.84. The zero-order chi connectivity index (χ0) is 17.8. The molecule has 5 heteroatoms. The van der Waals surface area contributed by atoms with Crippen molar-refractivity contribution in [1.82, 2.24) is 4.98 Å². The van der Waals surface area contributed by atoms with Crippen LogP contribution in [0.5, 0.6) is 0 Å². The number of hydrogen-bond acceptors (Lipinski definition) is 3. The van der Waals surface area contributed by atoms with E-state index in [0.717, 1.165) is 10.8 Å². The fraction of sp³-hybridized carbons (Fsp3) is 0.0500. The predicted octanol–water partition coefficient (Wildman–Crippen LogP) is 3.98. The van der Waals surface area contributed by atoms with Gasteiger partial charge in [0.2, 0.25) is 0 Å². The number of nitrogens with zero attached hydrogens (tertiary/aromatic N) is 1. The van der Waals surface area contributed by atoms with Gasteiger partial charge in [0.05, 0.1) is 16.9 Å². The summed E-state index contributed by atoms with van der Waals surface area (Å²) in [5.41, 5.74) is 1.41. The summed E-state index contributed by atoms with van der Waals surface area (Å²) in [4.78, 5) is 27.9. The highest BCUT2D eigenvalue weighted by Gasteiger charge is 2.12. The number of nitrogens with one attached hydrogen (secondary N) is 1. The van der Waals surface area contributed by atoms with Gasteiger partial charge < -0.3 is 10.4 Å². The van der Waals surface area contributed by atoms with E-state index in [1.807, 2.05) is 30.3 Å². The number of anilines is 1. The van der Waals surface area contributed by atoms with Gasteiger partial charge in [-0.05, 0) is 36.6 Å². The second-order valence-electron chi connectivity index (χ2n) is 5.59. The smallest absolute Gasteiger partial charge is 0.337 e. The van der Waals surface area contributed by atoms with Crippen molar-refractivity contribution in [3.8, 4) is 0 Å². The molecule has 1 aromatic heterocycles. The van der Waals surface area contributed by atoms with Gasteiger partial charge in [-0.1, -0.05) is 36.4 Å². The fourth-order valence-corrected chi connectivity index (χ4v) is 2.47. The molecule has 0 aliphatic rings. The van der Waals surface area contributed by atoms with Gasteiger partial charge in [-0.15, -0.1) is 0 Å². The van der Waals surface area contributed by atoms with E-state index in [1.54, 1.807) is 37.4 Å². The molecule has 0 radical (unpaired) electrons. The lowest BCUT2D eigenvalue weighted by Crippen LogP contribution is -2.15. The number of rotatable bonds is 4. The molecule has 0 saturated heterocycles. The molecule has 1 amide bonds.